The zero-order chi connectivity index (χ0) is 16.1. The van der Waals surface area contributed by atoms with Crippen molar-refractivity contribution < 1.29 is 4.79 Å². The van der Waals surface area contributed by atoms with Crippen LogP contribution in [-0.2, 0) is 0 Å². The molecule has 0 bridgehead atoms. The number of rotatable bonds is 2. The molecular formula is C18H18N4O. The van der Waals surface area contributed by atoms with Crippen molar-refractivity contribution in [3.05, 3.63) is 54.4 Å². The number of hydrogen-bond donors (Lipinski definition) is 1. The average molecular weight is 306 g/mol. The first kappa shape index (κ1) is 14.9. The number of terminal acetylenes is 1. The maximum absolute atomic E-state index is 12.3. The molecule has 23 heavy (non-hydrogen) atoms. The molecule has 1 N–H and O–H groups in total. The molecule has 0 aliphatic carbocycles. The molecule has 3 rings (SSSR count). The van der Waals surface area contributed by atoms with Gasteiger partial charge in [-0.2, -0.15) is 0 Å². The number of nitrogens with zero attached hydrogens (tertiary/aromatic N) is 3. The Bertz CT molecular complexity index is 715. The van der Waals surface area contributed by atoms with Crippen molar-refractivity contribution in [1.29, 1.82) is 0 Å². The number of piperazine rings is 1. The number of carbonyl (C=O) groups excluding carboxylic acids is 1. The minimum atomic E-state index is -0.0893. The lowest BCUT2D eigenvalue weighted by Crippen LogP contribution is -2.50. The highest BCUT2D eigenvalue weighted by Crippen LogP contribution is 2.16. The molecule has 5 nitrogen and oxygen atoms in total. The van der Waals surface area contributed by atoms with Gasteiger partial charge in [0.2, 0.25) is 0 Å². The van der Waals surface area contributed by atoms with Gasteiger partial charge in [-0.05, 0) is 30.3 Å². The molecule has 5 heteroatoms. The first-order valence-corrected chi connectivity index (χ1v) is 7.54. The summed E-state index contributed by atoms with van der Waals surface area (Å²) in [4.78, 5) is 20.4. The van der Waals surface area contributed by atoms with Gasteiger partial charge in [0.05, 0.1) is 0 Å². The second kappa shape index (κ2) is 6.84. The Morgan fingerprint density at radius 3 is 2.57 bits per heavy atom. The van der Waals surface area contributed by atoms with Crippen LogP contribution >= 0.6 is 0 Å². The monoisotopic (exact) mass is 306 g/mol. The van der Waals surface area contributed by atoms with Crippen LogP contribution in [0.3, 0.4) is 0 Å². The molecule has 0 radical (unpaired) electrons. The molecule has 0 unspecified atom stereocenters. The minimum Gasteiger partial charge on any atom is -0.368 e. The van der Waals surface area contributed by atoms with Gasteiger partial charge >= 0.3 is 6.03 Å². The standard InChI is InChI=1S/C18H18N4O/c1-2-15-4-3-5-16(14-15)20-18(23)22-12-10-21(11-13-22)17-6-8-19-9-7-17/h1,3-9,14H,10-13H2,(H,20,23). The summed E-state index contributed by atoms with van der Waals surface area (Å²) in [6, 6.07) is 11.2. The second-order valence-electron chi connectivity index (χ2n) is 5.33. The summed E-state index contributed by atoms with van der Waals surface area (Å²) >= 11 is 0. The van der Waals surface area contributed by atoms with Crippen LogP contribution in [0, 0.1) is 12.3 Å². The normalized spacial score (nSPS) is 14.2. The van der Waals surface area contributed by atoms with Crippen LogP contribution < -0.4 is 10.2 Å². The third-order valence-electron chi connectivity index (χ3n) is 3.88. The Hall–Kier alpha value is -3.00. The van der Waals surface area contributed by atoms with Crippen molar-refractivity contribution in [2.24, 2.45) is 0 Å². The number of pyridine rings is 1. The first-order valence-electron chi connectivity index (χ1n) is 7.54. The van der Waals surface area contributed by atoms with Gasteiger partial charge in [-0.3, -0.25) is 4.98 Å². The molecule has 0 saturated carbocycles. The number of carbonyl (C=O) groups is 1. The lowest BCUT2D eigenvalue weighted by atomic mass is 10.2. The zero-order valence-electron chi connectivity index (χ0n) is 12.8. The Labute approximate surface area is 135 Å². The Morgan fingerprint density at radius 1 is 1.13 bits per heavy atom. The van der Waals surface area contributed by atoms with Gasteiger partial charge in [-0.1, -0.05) is 12.0 Å². The molecule has 1 saturated heterocycles. The summed E-state index contributed by atoms with van der Waals surface area (Å²) in [5.41, 5.74) is 2.62. The van der Waals surface area contributed by atoms with E-state index in [4.69, 9.17) is 6.42 Å². The summed E-state index contributed by atoms with van der Waals surface area (Å²) in [5.74, 6) is 2.57. The van der Waals surface area contributed by atoms with E-state index in [0.29, 0.717) is 13.1 Å². The van der Waals surface area contributed by atoms with Gasteiger partial charge < -0.3 is 15.1 Å². The molecule has 1 aliphatic rings. The van der Waals surface area contributed by atoms with Crippen LogP contribution in [0.2, 0.25) is 0 Å². The number of urea groups is 1. The van der Waals surface area contributed by atoms with Crippen molar-refractivity contribution in [3.8, 4) is 12.3 Å². The molecule has 1 aromatic heterocycles. The Balaban J connectivity index is 1.57. The van der Waals surface area contributed by atoms with Crippen LogP contribution in [0.5, 0.6) is 0 Å². The summed E-state index contributed by atoms with van der Waals surface area (Å²) in [5, 5.41) is 2.90. The third kappa shape index (κ3) is 3.61. The number of benzene rings is 1. The maximum Gasteiger partial charge on any atom is 0.321 e. The van der Waals surface area contributed by atoms with Crippen LogP contribution in [0.1, 0.15) is 5.56 Å². The van der Waals surface area contributed by atoms with E-state index < -0.39 is 0 Å². The fourth-order valence-corrected chi connectivity index (χ4v) is 2.61. The first-order chi connectivity index (χ1) is 11.3. The highest BCUT2D eigenvalue weighted by atomic mass is 16.2. The zero-order valence-corrected chi connectivity index (χ0v) is 12.8. The lowest BCUT2D eigenvalue weighted by molar-refractivity contribution is 0.208. The molecule has 2 heterocycles. The molecule has 1 aromatic carbocycles. The van der Waals surface area contributed by atoms with E-state index in [9.17, 15) is 4.79 Å². The van der Waals surface area contributed by atoms with E-state index in [2.05, 4.69) is 21.1 Å². The molecule has 2 aromatic rings. The molecular weight excluding hydrogens is 288 g/mol. The molecule has 0 spiro atoms. The van der Waals surface area contributed by atoms with Crippen molar-refractivity contribution in [3.63, 3.8) is 0 Å². The Morgan fingerprint density at radius 2 is 1.87 bits per heavy atom. The largest absolute Gasteiger partial charge is 0.368 e. The average Bonchev–Trinajstić information content (AvgIpc) is 2.63. The summed E-state index contributed by atoms with van der Waals surface area (Å²) in [6.45, 7) is 2.98. The predicted molar refractivity (Wildman–Crippen MR) is 91.4 cm³/mol. The van der Waals surface area contributed by atoms with Crippen LogP contribution in [0.15, 0.2) is 48.8 Å². The lowest BCUT2D eigenvalue weighted by Gasteiger charge is -2.36. The fraction of sp³-hybridized carbons (Fsp3) is 0.222. The smallest absolute Gasteiger partial charge is 0.321 e. The van der Waals surface area contributed by atoms with Crippen molar-refractivity contribution in [2.45, 2.75) is 0 Å². The number of anilines is 2. The fourth-order valence-electron chi connectivity index (χ4n) is 2.61. The SMILES string of the molecule is C#Cc1cccc(NC(=O)N2CCN(c3ccncc3)CC2)c1. The molecule has 116 valence electrons. The van der Waals surface area contributed by atoms with Crippen molar-refractivity contribution >= 4 is 17.4 Å². The van der Waals surface area contributed by atoms with Gasteiger partial charge in [0.25, 0.3) is 0 Å². The Kier molecular flexibility index (Phi) is 4.44. The molecule has 0 atom stereocenters. The minimum absolute atomic E-state index is 0.0893. The van der Waals surface area contributed by atoms with E-state index >= 15 is 0 Å². The number of hydrogen-bond acceptors (Lipinski definition) is 3. The third-order valence-corrected chi connectivity index (χ3v) is 3.88. The van der Waals surface area contributed by atoms with E-state index in [1.165, 1.54) is 0 Å². The topological polar surface area (TPSA) is 48.5 Å². The predicted octanol–water partition coefficient (Wildman–Crippen LogP) is 2.42. The number of aromatic nitrogens is 1. The summed E-state index contributed by atoms with van der Waals surface area (Å²) < 4.78 is 0. The number of amides is 2. The highest BCUT2D eigenvalue weighted by Gasteiger charge is 2.21. The van der Waals surface area contributed by atoms with Crippen LogP contribution in [0.4, 0.5) is 16.2 Å². The van der Waals surface area contributed by atoms with E-state index in [1.807, 2.05) is 35.2 Å². The molecule has 2 amide bonds. The van der Waals surface area contributed by atoms with Crippen LogP contribution in [-0.4, -0.2) is 42.1 Å². The molecule has 1 aliphatic heterocycles. The van der Waals surface area contributed by atoms with Gasteiger partial charge in [0.1, 0.15) is 0 Å². The van der Waals surface area contributed by atoms with Crippen LogP contribution in [0.25, 0.3) is 0 Å². The van der Waals surface area contributed by atoms with E-state index in [1.54, 1.807) is 18.5 Å². The van der Waals surface area contributed by atoms with E-state index in [0.717, 1.165) is 30.0 Å². The highest BCUT2D eigenvalue weighted by molar-refractivity contribution is 5.89. The van der Waals surface area contributed by atoms with Gasteiger partial charge in [-0.15, -0.1) is 6.42 Å². The van der Waals surface area contributed by atoms with E-state index in [-0.39, 0.29) is 6.03 Å². The maximum atomic E-state index is 12.3. The molecule has 1 fully saturated rings. The van der Waals surface area contributed by atoms with Gasteiger partial charge in [-0.25, -0.2) is 4.79 Å². The summed E-state index contributed by atoms with van der Waals surface area (Å²) in [6.07, 6.45) is 8.95. The second-order valence-corrected chi connectivity index (χ2v) is 5.33. The van der Waals surface area contributed by atoms with Gasteiger partial charge in [0, 0.05) is 55.5 Å². The number of nitrogens with one attached hydrogen (secondary N) is 1. The van der Waals surface area contributed by atoms with Crippen molar-refractivity contribution in [2.75, 3.05) is 36.4 Å². The van der Waals surface area contributed by atoms with Gasteiger partial charge in [0.15, 0.2) is 0 Å². The quantitative estimate of drug-likeness (QED) is 0.867. The summed E-state index contributed by atoms with van der Waals surface area (Å²) in [7, 11) is 0. The van der Waals surface area contributed by atoms with Crippen molar-refractivity contribution in [1.82, 2.24) is 9.88 Å².